The Balaban J connectivity index is 3.96. The van der Waals surface area contributed by atoms with E-state index in [2.05, 4.69) is 41.6 Å². The SMILES string of the molecule is BC(CC)CC(C=C(C)C)CCCCCC. The van der Waals surface area contributed by atoms with E-state index < -0.39 is 0 Å². The van der Waals surface area contributed by atoms with E-state index in [4.69, 9.17) is 0 Å². The first-order valence-electron chi connectivity index (χ1n) is 7.25. The zero-order valence-corrected chi connectivity index (χ0v) is 12.2. The number of hydrogen-bond acceptors (Lipinski definition) is 0. The van der Waals surface area contributed by atoms with Gasteiger partial charge in [-0.15, -0.1) is 0 Å². The molecule has 0 radical (unpaired) electrons. The van der Waals surface area contributed by atoms with Gasteiger partial charge in [0.2, 0.25) is 0 Å². The highest BCUT2D eigenvalue weighted by atomic mass is 14.1. The molecule has 2 unspecified atom stereocenters. The molecule has 0 rings (SSSR count). The van der Waals surface area contributed by atoms with Crippen LogP contribution in [0.2, 0.25) is 5.82 Å². The Labute approximate surface area is 104 Å². The van der Waals surface area contributed by atoms with Gasteiger partial charge in [-0.3, -0.25) is 0 Å². The van der Waals surface area contributed by atoms with Gasteiger partial charge in [-0.05, 0) is 26.2 Å². The lowest BCUT2D eigenvalue weighted by atomic mass is 9.76. The second-order valence-electron chi connectivity index (χ2n) is 5.60. The number of allylic oxidation sites excluding steroid dienone is 2. The van der Waals surface area contributed by atoms with Crippen LogP contribution in [0, 0.1) is 5.92 Å². The third-order valence-electron chi connectivity index (χ3n) is 3.40. The van der Waals surface area contributed by atoms with Crippen molar-refractivity contribution < 1.29 is 0 Å². The Morgan fingerprint density at radius 3 is 2.31 bits per heavy atom. The Hall–Kier alpha value is -0.195. The van der Waals surface area contributed by atoms with Gasteiger partial charge in [-0.1, -0.05) is 69.8 Å². The Morgan fingerprint density at radius 1 is 1.12 bits per heavy atom. The lowest BCUT2D eigenvalue weighted by Crippen LogP contribution is -2.03. The van der Waals surface area contributed by atoms with Crippen LogP contribution in [0.4, 0.5) is 0 Å². The fourth-order valence-corrected chi connectivity index (χ4v) is 2.26. The van der Waals surface area contributed by atoms with Crippen molar-refractivity contribution in [2.45, 2.75) is 78.5 Å². The summed E-state index contributed by atoms with van der Waals surface area (Å²) < 4.78 is 0. The molecule has 0 aliphatic rings. The van der Waals surface area contributed by atoms with E-state index in [9.17, 15) is 0 Å². The first kappa shape index (κ1) is 15.8. The maximum atomic E-state index is 2.50. The summed E-state index contributed by atoms with van der Waals surface area (Å²) in [6.45, 7) is 9.05. The lowest BCUT2D eigenvalue weighted by molar-refractivity contribution is 0.482. The normalized spacial score (nSPS) is 14.5. The zero-order chi connectivity index (χ0) is 12.4. The van der Waals surface area contributed by atoms with Gasteiger partial charge < -0.3 is 0 Å². The summed E-state index contributed by atoms with van der Waals surface area (Å²) in [5, 5.41) is 0. The Kier molecular flexibility index (Phi) is 9.87. The molecule has 0 fully saturated rings. The quantitative estimate of drug-likeness (QED) is 0.299. The maximum Gasteiger partial charge on any atom is 0.105 e. The van der Waals surface area contributed by atoms with Crippen molar-refractivity contribution in [3.63, 3.8) is 0 Å². The average Bonchev–Trinajstić information content (AvgIpc) is 2.23. The van der Waals surface area contributed by atoms with Crippen LogP contribution in [0.3, 0.4) is 0 Å². The first-order chi connectivity index (χ1) is 7.60. The van der Waals surface area contributed by atoms with E-state index in [1.165, 1.54) is 50.5 Å². The van der Waals surface area contributed by atoms with Crippen molar-refractivity contribution in [2.75, 3.05) is 0 Å². The highest BCUT2D eigenvalue weighted by Crippen LogP contribution is 2.25. The number of unbranched alkanes of at least 4 members (excludes halogenated alkanes) is 3. The maximum absolute atomic E-state index is 2.50. The van der Waals surface area contributed by atoms with Crippen LogP contribution in [0.25, 0.3) is 0 Å². The van der Waals surface area contributed by atoms with Gasteiger partial charge in [0.1, 0.15) is 7.85 Å². The number of rotatable bonds is 9. The smallest absolute Gasteiger partial charge is 0.0828 e. The first-order valence-corrected chi connectivity index (χ1v) is 7.25. The Morgan fingerprint density at radius 2 is 1.81 bits per heavy atom. The summed E-state index contributed by atoms with van der Waals surface area (Å²) in [5.41, 5.74) is 1.49. The molecule has 0 aromatic carbocycles. The van der Waals surface area contributed by atoms with E-state index in [1.807, 2.05) is 0 Å². The summed E-state index contributed by atoms with van der Waals surface area (Å²) in [4.78, 5) is 0. The number of hydrogen-bond donors (Lipinski definition) is 0. The molecule has 16 heavy (non-hydrogen) atoms. The third kappa shape index (κ3) is 9.06. The molecule has 2 atom stereocenters. The molecule has 0 aliphatic carbocycles. The van der Waals surface area contributed by atoms with E-state index >= 15 is 0 Å². The summed E-state index contributed by atoms with van der Waals surface area (Å²) >= 11 is 0. The van der Waals surface area contributed by atoms with Crippen LogP contribution in [0.5, 0.6) is 0 Å². The van der Waals surface area contributed by atoms with Crippen LogP contribution in [0.15, 0.2) is 11.6 Å². The van der Waals surface area contributed by atoms with Gasteiger partial charge in [-0.25, -0.2) is 0 Å². The van der Waals surface area contributed by atoms with Crippen molar-refractivity contribution >= 4 is 7.85 Å². The van der Waals surface area contributed by atoms with Crippen molar-refractivity contribution in [1.29, 1.82) is 0 Å². The third-order valence-corrected chi connectivity index (χ3v) is 3.40. The molecule has 0 bridgehead atoms. The highest BCUT2D eigenvalue weighted by Gasteiger charge is 2.09. The highest BCUT2D eigenvalue weighted by molar-refractivity contribution is 6.11. The molecule has 1 heteroatoms. The fourth-order valence-electron chi connectivity index (χ4n) is 2.26. The molecular formula is C15H31B. The largest absolute Gasteiger partial charge is 0.105 e. The molecule has 0 amide bonds. The van der Waals surface area contributed by atoms with Crippen molar-refractivity contribution in [2.24, 2.45) is 5.92 Å². The molecule has 0 aromatic heterocycles. The Bertz CT molecular complexity index is 180. The molecule has 0 heterocycles. The van der Waals surface area contributed by atoms with Crippen molar-refractivity contribution in [1.82, 2.24) is 0 Å². The van der Waals surface area contributed by atoms with E-state index in [-0.39, 0.29) is 0 Å². The summed E-state index contributed by atoms with van der Waals surface area (Å²) in [5.74, 6) is 1.71. The standard InChI is InChI=1S/C15H31B/c1-5-7-8-9-10-14(11-13(3)4)12-15(16)6-2/h11,14-15H,5-10,12,16H2,1-4H3. The topological polar surface area (TPSA) is 0 Å². The monoisotopic (exact) mass is 222 g/mol. The molecule has 94 valence electrons. The van der Waals surface area contributed by atoms with E-state index in [1.54, 1.807) is 0 Å². The average molecular weight is 222 g/mol. The van der Waals surface area contributed by atoms with Crippen molar-refractivity contribution in [3.8, 4) is 0 Å². The van der Waals surface area contributed by atoms with Crippen LogP contribution >= 0.6 is 0 Å². The minimum atomic E-state index is 0.830. The van der Waals surface area contributed by atoms with Gasteiger partial charge in [0, 0.05) is 0 Å². The van der Waals surface area contributed by atoms with Gasteiger partial charge >= 0.3 is 0 Å². The second-order valence-corrected chi connectivity index (χ2v) is 5.60. The molecular weight excluding hydrogens is 191 g/mol. The van der Waals surface area contributed by atoms with Crippen LogP contribution in [0.1, 0.15) is 72.6 Å². The van der Waals surface area contributed by atoms with Crippen LogP contribution in [-0.4, -0.2) is 7.85 Å². The van der Waals surface area contributed by atoms with Gasteiger partial charge in [-0.2, -0.15) is 0 Å². The molecule has 0 saturated carbocycles. The molecule has 0 aromatic rings. The molecule has 0 aliphatic heterocycles. The molecule has 0 spiro atoms. The minimum absolute atomic E-state index is 0.830. The van der Waals surface area contributed by atoms with E-state index in [0.29, 0.717) is 0 Å². The van der Waals surface area contributed by atoms with Gasteiger partial charge in [0.15, 0.2) is 0 Å². The van der Waals surface area contributed by atoms with Gasteiger partial charge in [0.25, 0.3) is 0 Å². The zero-order valence-electron chi connectivity index (χ0n) is 12.2. The summed E-state index contributed by atoms with van der Waals surface area (Å²) in [6, 6.07) is 0. The molecule has 0 nitrogen and oxygen atoms in total. The van der Waals surface area contributed by atoms with Crippen LogP contribution in [-0.2, 0) is 0 Å². The molecule has 0 saturated heterocycles. The molecule has 0 N–H and O–H groups in total. The lowest BCUT2D eigenvalue weighted by Gasteiger charge is -2.17. The van der Waals surface area contributed by atoms with Crippen molar-refractivity contribution in [3.05, 3.63) is 11.6 Å². The predicted molar refractivity (Wildman–Crippen MR) is 78.9 cm³/mol. The second kappa shape index (κ2) is 9.99. The van der Waals surface area contributed by atoms with Gasteiger partial charge in [0.05, 0.1) is 0 Å². The summed E-state index contributed by atoms with van der Waals surface area (Å²) in [6.07, 6.45) is 12.2. The predicted octanol–water partition coefficient (Wildman–Crippen LogP) is 4.76. The van der Waals surface area contributed by atoms with Crippen LogP contribution < -0.4 is 0 Å². The fraction of sp³-hybridized carbons (Fsp3) is 0.867. The van der Waals surface area contributed by atoms with E-state index in [0.717, 1.165) is 11.7 Å². The summed E-state index contributed by atoms with van der Waals surface area (Å²) in [7, 11) is 2.39. The minimum Gasteiger partial charge on any atom is -0.0828 e.